The highest BCUT2D eigenvalue weighted by molar-refractivity contribution is 5.94. The number of terminal acetylenes is 1. The van der Waals surface area contributed by atoms with Gasteiger partial charge in [-0.15, -0.1) is 12.3 Å². The number of aromatic nitrogens is 2. The van der Waals surface area contributed by atoms with E-state index in [0.29, 0.717) is 5.69 Å². The van der Waals surface area contributed by atoms with Crippen molar-refractivity contribution in [2.24, 2.45) is 5.73 Å². The number of carboxylic acid groups (broad SMARTS) is 1. The van der Waals surface area contributed by atoms with E-state index in [1.165, 1.54) is 17.1 Å². The van der Waals surface area contributed by atoms with Crippen molar-refractivity contribution >= 4 is 17.6 Å². The Morgan fingerprint density at radius 3 is 3.00 bits per heavy atom. The Morgan fingerprint density at radius 1 is 1.71 bits per heavy atom. The molecule has 90 valence electrons. The van der Waals surface area contributed by atoms with Crippen molar-refractivity contribution in [2.45, 2.75) is 19.0 Å². The first kappa shape index (κ1) is 12.7. The van der Waals surface area contributed by atoms with Crippen LogP contribution in [0.3, 0.4) is 0 Å². The third-order valence-corrected chi connectivity index (χ3v) is 1.87. The highest BCUT2D eigenvalue weighted by Gasteiger charge is 2.13. The van der Waals surface area contributed by atoms with Gasteiger partial charge in [-0.25, -0.2) is 0 Å². The second-order valence-corrected chi connectivity index (χ2v) is 3.32. The number of hydrogen-bond acceptors (Lipinski definition) is 4. The van der Waals surface area contributed by atoms with Gasteiger partial charge in [-0.3, -0.25) is 14.3 Å². The van der Waals surface area contributed by atoms with Gasteiger partial charge in [0.2, 0.25) is 5.91 Å². The van der Waals surface area contributed by atoms with Gasteiger partial charge in [-0.05, 0) is 0 Å². The van der Waals surface area contributed by atoms with E-state index in [4.69, 9.17) is 17.3 Å². The van der Waals surface area contributed by atoms with Crippen LogP contribution < -0.4 is 11.1 Å². The van der Waals surface area contributed by atoms with Gasteiger partial charge < -0.3 is 16.2 Å². The molecule has 1 heterocycles. The van der Waals surface area contributed by atoms with Crippen molar-refractivity contribution < 1.29 is 14.7 Å². The largest absolute Gasteiger partial charge is 0.480 e. The molecule has 1 amide bonds. The first-order valence-corrected chi connectivity index (χ1v) is 4.77. The van der Waals surface area contributed by atoms with Crippen LogP contribution in [0, 0.1) is 12.3 Å². The van der Waals surface area contributed by atoms with Crippen LogP contribution >= 0.6 is 0 Å². The monoisotopic (exact) mass is 236 g/mol. The average Bonchev–Trinajstić information content (AvgIpc) is 2.64. The van der Waals surface area contributed by atoms with Gasteiger partial charge in [0.1, 0.15) is 6.54 Å². The van der Waals surface area contributed by atoms with Gasteiger partial charge in [-0.2, -0.15) is 5.10 Å². The summed E-state index contributed by atoms with van der Waals surface area (Å²) in [5.74, 6) is 0.830. The number of nitrogens with two attached hydrogens (primary N) is 1. The van der Waals surface area contributed by atoms with E-state index in [1.54, 1.807) is 0 Å². The van der Waals surface area contributed by atoms with Crippen LogP contribution in [-0.4, -0.2) is 32.8 Å². The van der Waals surface area contributed by atoms with Crippen LogP contribution in [0.15, 0.2) is 12.4 Å². The lowest BCUT2D eigenvalue weighted by Gasteiger charge is -2.07. The molecule has 1 rings (SSSR count). The molecule has 0 aliphatic carbocycles. The number of hydrogen-bond donors (Lipinski definition) is 3. The van der Waals surface area contributed by atoms with Crippen LogP contribution in [0.25, 0.3) is 0 Å². The van der Waals surface area contributed by atoms with Crippen molar-refractivity contribution in [3.05, 3.63) is 12.4 Å². The minimum Gasteiger partial charge on any atom is -0.480 e. The molecule has 17 heavy (non-hydrogen) atoms. The number of carbonyl (C=O) groups is 2. The van der Waals surface area contributed by atoms with Gasteiger partial charge >= 0.3 is 5.97 Å². The zero-order valence-corrected chi connectivity index (χ0v) is 8.96. The molecule has 0 aromatic carbocycles. The van der Waals surface area contributed by atoms with Gasteiger partial charge in [0.05, 0.1) is 17.9 Å². The summed E-state index contributed by atoms with van der Waals surface area (Å²) >= 11 is 0. The molecule has 0 bridgehead atoms. The Bertz CT molecular complexity index is 460. The number of carbonyl (C=O) groups excluding carboxylic acids is 1. The molecule has 4 N–H and O–H groups in total. The summed E-state index contributed by atoms with van der Waals surface area (Å²) in [5.41, 5.74) is 5.87. The van der Waals surface area contributed by atoms with Gasteiger partial charge in [0.15, 0.2) is 0 Å². The van der Waals surface area contributed by atoms with Crippen molar-refractivity contribution in [2.75, 3.05) is 5.32 Å². The Hall–Kier alpha value is -2.33. The smallest absolute Gasteiger partial charge is 0.325 e. The number of amides is 1. The summed E-state index contributed by atoms with van der Waals surface area (Å²) in [6, 6.07) is -0.789. The SMILES string of the molecule is C#CCC(N)C(=O)Nc1cnn(CC(=O)O)c1. The van der Waals surface area contributed by atoms with Crippen molar-refractivity contribution in [3.8, 4) is 12.3 Å². The number of aliphatic carboxylic acids is 1. The highest BCUT2D eigenvalue weighted by Crippen LogP contribution is 2.05. The molecule has 7 heteroatoms. The zero-order chi connectivity index (χ0) is 12.8. The van der Waals surface area contributed by atoms with Crippen LogP contribution in [0.2, 0.25) is 0 Å². The molecule has 1 unspecified atom stereocenters. The van der Waals surface area contributed by atoms with E-state index in [9.17, 15) is 9.59 Å². The Balaban J connectivity index is 2.57. The summed E-state index contributed by atoms with van der Waals surface area (Å²) in [4.78, 5) is 21.9. The fourth-order valence-electron chi connectivity index (χ4n) is 1.11. The first-order valence-electron chi connectivity index (χ1n) is 4.77. The minimum absolute atomic E-state index is 0.134. The quantitative estimate of drug-likeness (QED) is 0.583. The number of rotatable bonds is 5. The molecule has 1 atom stereocenters. The highest BCUT2D eigenvalue weighted by atomic mass is 16.4. The number of nitrogens with one attached hydrogen (secondary N) is 1. The second kappa shape index (κ2) is 5.67. The molecule has 0 aliphatic heterocycles. The molecule has 1 aromatic rings. The average molecular weight is 236 g/mol. The normalized spacial score (nSPS) is 11.5. The van der Waals surface area contributed by atoms with E-state index in [0.717, 1.165) is 0 Å². The standard InChI is InChI=1S/C10H12N4O3/c1-2-3-8(11)10(17)13-7-4-12-14(5-7)6-9(15)16/h1,4-5,8H,3,6,11H2,(H,13,17)(H,15,16). The Labute approximate surface area is 97.6 Å². The topological polar surface area (TPSA) is 110 Å². The Kier molecular flexibility index (Phi) is 4.25. The molecule has 0 fully saturated rings. The summed E-state index contributed by atoms with van der Waals surface area (Å²) in [5, 5.41) is 14.8. The Morgan fingerprint density at radius 2 is 2.41 bits per heavy atom. The predicted octanol–water partition coefficient (Wildman–Crippen LogP) is -0.743. The minimum atomic E-state index is -1.02. The van der Waals surface area contributed by atoms with Crippen LogP contribution in [0.4, 0.5) is 5.69 Å². The summed E-state index contributed by atoms with van der Waals surface area (Å²) < 4.78 is 1.19. The van der Waals surface area contributed by atoms with Gasteiger partial charge in [0.25, 0.3) is 0 Å². The molecule has 7 nitrogen and oxygen atoms in total. The second-order valence-electron chi connectivity index (χ2n) is 3.32. The maximum Gasteiger partial charge on any atom is 0.325 e. The number of nitrogens with zero attached hydrogens (tertiary/aromatic N) is 2. The van der Waals surface area contributed by atoms with E-state index in [-0.39, 0.29) is 13.0 Å². The number of carboxylic acids is 1. The molecular weight excluding hydrogens is 224 g/mol. The van der Waals surface area contributed by atoms with Crippen molar-refractivity contribution in [1.29, 1.82) is 0 Å². The van der Waals surface area contributed by atoms with E-state index < -0.39 is 17.9 Å². The molecule has 0 radical (unpaired) electrons. The van der Waals surface area contributed by atoms with Crippen LogP contribution in [0.1, 0.15) is 6.42 Å². The van der Waals surface area contributed by atoms with Crippen molar-refractivity contribution in [3.63, 3.8) is 0 Å². The van der Waals surface area contributed by atoms with Crippen LogP contribution in [-0.2, 0) is 16.1 Å². The maximum atomic E-state index is 11.4. The van der Waals surface area contributed by atoms with Crippen molar-refractivity contribution in [1.82, 2.24) is 9.78 Å². The lowest BCUT2D eigenvalue weighted by molar-refractivity contribution is -0.137. The molecular formula is C10H12N4O3. The van der Waals surface area contributed by atoms with Gasteiger partial charge in [0, 0.05) is 12.6 Å². The van der Waals surface area contributed by atoms with E-state index in [1.807, 2.05) is 0 Å². The van der Waals surface area contributed by atoms with Gasteiger partial charge in [-0.1, -0.05) is 0 Å². The van der Waals surface area contributed by atoms with Crippen LogP contribution in [0.5, 0.6) is 0 Å². The molecule has 0 saturated carbocycles. The zero-order valence-electron chi connectivity index (χ0n) is 8.96. The maximum absolute atomic E-state index is 11.4. The summed E-state index contributed by atoms with van der Waals surface area (Å²) in [6.07, 6.45) is 7.90. The molecule has 0 aliphatic rings. The lowest BCUT2D eigenvalue weighted by Crippen LogP contribution is -2.35. The number of anilines is 1. The molecule has 1 aromatic heterocycles. The molecule has 0 spiro atoms. The first-order chi connectivity index (χ1) is 8.02. The fraction of sp³-hybridized carbons (Fsp3) is 0.300. The van der Waals surface area contributed by atoms with E-state index in [2.05, 4.69) is 16.3 Å². The summed E-state index contributed by atoms with van der Waals surface area (Å²) in [7, 11) is 0. The third kappa shape index (κ3) is 3.96. The fourth-order valence-corrected chi connectivity index (χ4v) is 1.11. The third-order valence-electron chi connectivity index (χ3n) is 1.87. The van der Waals surface area contributed by atoms with E-state index >= 15 is 0 Å². The molecule has 0 saturated heterocycles. The summed E-state index contributed by atoms with van der Waals surface area (Å²) in [6.45, 7) is -0.272. The lowest BCUT2D eigenvalue weighted by atomic mass is 10.2. The predicted molar refractivity (Wildman–Crippen MR) is 59.9 cm³/mol.